The topological polar surface area (TPSA) is 79.8 Å². The molecule has 0 saturated heterocycles. The van der Waals surface area contributed by atoms with Crippen molar-refractivity contribution in [3.63, 3.8) is 0 Å². The summed E-state index contributed by atoms with van der Waals surface area (Å²) in [7, 11) is 0. The Morgan fingerprint density at radius 2 is 1.71 bits per heavy atom. The van der Waals surface area contributed by atoms with Crippen LogP contribution < -0.4 is 15.5 Å². The van der Waals surface area contributed by atoms with Crippen molar-refractivity contribution < 1.29 is 14.3 Å². The summed E-state index contributed by atoms with van der Waals surface area (Å²) in [5.41, 5.74) is 5.64. The van der Waals surface area contributed by atoms with Crippen molar-refractivity contribution in [1.29, 1.82) is 0 Å². The molecule has 0 radical (unpaired) electrons. The second-order valence-corrected chi connectivity index (χ2v) is 7.20. The van der Waals surface area contributed by atoms with Gasteiger partial charge >= 0.3 is 0 Å². The number of rotatable bonds is 8. The maximum absolute atomic E-state index is 12.0. The number of carbonyl (C=O) groups is 2. The van der Waals surface area contributed by atoms with E-state index in [1.165, 1.54) is 6.21 Å². The van der Waals surface area contributed by atoms with Crippen LogP contribution in [0.25, 0.3) is 0 Å². The molecule has 2 N–H and O–H groups in total. The molecule has 0 spiro atoms. The van der Waals surface area contributed by atoms with Crippen LogP contribution in [-0.2, 0) is 11.4 Å². The third-order valence-corrected chi connectivity index (χ3v) is 4.73. The van der Waals surface area contributed by atoms with E-state index in [0.29, 0.717) is 22.9 Å². The Morgan fingerprint density at radius 3 is 2.42 bits per heavy atom. The number of carbonyl (C=O) groups excluding carboxylic acids is 2. The molecule has 3 aromatic carbocycles. The lowest BCUT2D eigenvalue weighted by molar-refractivity contribution is -0.120. The van der Waals surface area contributed by atoms with E-state index >= 15 is 0 Å². The Hall–Kier alpha value is -3.64. The smallest absolute Gasteiger partial charge is 0.259 e. The van der Waals surface area contributed by atoms with Gasteiger partial charge in [0, 0.05) is 16.1 Å². The number of benzene rings is 3. The molecule has 6 nitrogen and oxygen atoms in total. The first-order chi connectivity index (χ1) is 15.0. The molecule has 0 aliphatic rings. The Morgan fingerprint density at radius 1 is 1.00 bits per heavy atom. The van der Waals surface area contributed by atoms with Gasteiger partial charge in [-0.05, 0) is 55.0 Å². The largest absolute Gasteiger partial charge is 0.489 e. The Kier molecular flexibility index (Phi) is 7.79. The number of halogens is 1. The van der Waals surface area contributed by atoms with Crippen molar-refractivity contribution in [3.8, 4) is 5.75 Å². The van der Waals surface area contributed by atoms with E-state index in [2.05, 4.69) is 15.8 Å². The van der Waals surface area contributed by atoms with E-state index in [1.807, 2.05) is 67.6 Å². The van der Waals surface area contributed by atoms with Gasteiger partial charge in [-0.1, -0.05) is 47.5 Å². The predicted molar refractivity (Wildman–Crippen MR) is 121 cm³/mol. The molecular weight excluding hydrogens is 414 g/mol. The zero-order valence-corrected chi connectivity index (χ0v) is 17.7. The zero-order chi connectivity index (χ0) is 22.1. The fourth-order valence-electron chi connectivity index (χ4n) is 2.61. The summed E-state index contributed by atoms with van der Waals surface area (Å²) < 4.78 is 5.73. The number of amides is 2. The summed E-state index contributed by atoms with van der Waals surface area (Å²) in [5, 5.41) is 7.12. The van der Waals surface area contributed by atoms with Crippen LogP contribution in [0.3, 0.4) is 0 Å². The van der Waals surface area contributed by atoms with Crippen molar-refractivity contribution >= 4 is 29.6 Å². The van der Waals surface area contributed by atoms with Crippen LogP contribution >= 0.6 is 11.6 Å². The van der Waals surface area contributed by atoms with Crippen molar-refractivity contribution in [1.82, 2.24) is 10.7 Å². The van der Waals surface area contributed by atoms with Gasteiger partial charge in [-0.25, -0.2) is 5.43 Å². The van der Waals surface area contributed by atoms with E-state index in [4.69, 9.17) is 16.3 Å². The Labute approximate surface area is 185 Å². The van der Waals surface area contributed by atoms with Crippen LogP contribution in [0.2, 0.25) is 5.02 Å². The first-order valence-corrected chi connectivity index (χ1v) is 10.0. The molecule has 0 unspecified atom stereocenters. The molecule has 0 aliphatic carbocycles. The van der Waals surface area contributed by atoms with Gasteiger partial charge in [0.2, 0.25) is 0 Å². The minimum absolute atomic E-state index is 0.168. The summed E-state index contributed by atoms with van der Waals surface area (Å²) >= 11 is 6.12. The molecular formula is C24H22ClN3O3. The molecule has 0 aliphatic heterocycles. The lowest BCUT2D eigenvalue weighted by Gasteiger charge is -2.07. The highest BCUT2D eigenvalue weighted by atomic mass is 35.5. The van der Waals surface area contributed by atoms with Gasteiger partial charge < -0.3 is 10.1 Å². The van der Waals surface area contributed by atoms with Crippen molar-refractivity contribution in [2.24, 2.45) is 5.10 Å². The van der Waals surface area contributed by atoms with Gasteiger partial charge in [-0.2, -0.15) is 5.10 Å². The molecule has 0 saturated carbocycles. The van der Waals surface area contributed by atoms with Crippen LogP contribution in [0.5, 0.6) is 5.75 Å². The summed E-state index contributed by atoms with van der Waals surface area (Å²) in [6.07, 6.45) is 1.51. The maximum Gasteiger partial charge on any atom is 0.259 e. The molecule has 0 atom stereocenters. The monoisotopic (exact) mass is 435 g/mol. The van der Waals surface area contributed by atoms with Crippen LogP contribution in [0.15, 0.2) is 77.9 Å². The lowest BCUT2D eigenvalue weighted by Crippen LogP contribution is -2.34. The van der Waals surface area contributed by atoms with Crippen LogP contribution in [0.4, 0.5) is 0 Å². The predicted octanol–water partition coefficient (Wildman–Crippen LogP) is 4.11. The number of hydrogen-bond donors (Lipinski definition) is 2. The molecule has 7 heteroatoms. The number of hydrogen-bond acceptors (Lipinski definition) is 4. The van der Waals surface area contributed by atoms with E-state index in [-0.39, 0.29) is 12.5 Å². The standard InChI is InChI=1S/C24H22ClN3O3/c1-17-6-10-19(11-7-17)24(30)26-15-23(29)28-27-14-18-8-12-21(13-9-18)31-16-20-4-2-3-5-22(20)25/h2-14H,15-16H2,1H3,(H,26,30)(H,28,29)/b27-14+. The molecule has 0 fully saturated rings. The minimum atomic E-state index is -0.420. The molecule has 3 aromatic rings. The second kappa shape index (κ2) is 10.9. The number of hydrazone groups is 1. The van der Waals surface area contributed by atoms with Gasteiger partial charge in [0.1, 0.15) is 12.4 Å². The Bertz CT molecular complexity index is 1060. The Balaban J connectivity index is 1.41. The fraction of sp³-hybridized carbons (Fsp3) is 0.125. The molecule has 158 valence electrons. The third kappa shape index (κ3) is 6.97. The third-order valence-electron chi connectivity index (χ3n) is 4.36. The number of nitrogens with zero attached hydrogens (tertiary/aromatic N) is 1. The molecule has 2 amide bonds. The highest BCUT2D eigenvalue weighted by molar-refractivity contribution is 6.31. The van der Waals surface area contributed by atoms with Crippen LogP contribution in [0.1, 0.15) is 27.0 Å². The maximum atomic E-state index is 12.0. The van der Waals surface area contributed by atoms with Crippen molar-refractivity contribution in [3.05, 3.63) is 100 Å². The average Bonchev–Trinajstić information content (AvgIpc) is 2.78. The van der Waals surface area contributed by atoms with Gasteiger partial charge in [0.25, 0.3) is 11.8 Å². The zero-order valence-electron chi connectivity index (χ0n) is 17.0. The first-order valence-electron chi connectivity index (χ1n) is 9.64. The van der Waals surface area contributed by atoms with Gasteiger partial charge in [-0.3, -0.25) is 9.59 Å². The molecule has 3 rings (SSSR count). The van der Waals surface area contributed by atoms with E-state index < -0.39 is 5.91 Å². The van der Waals surface area contributed by atoms with Gasteiger partial charge in [0.05, 0.1) is 12.8 Å². The molecule has 31 heavy (non-hydrogen) atoms. The number of ether oxygens (including phenoxy) is 1. The minimum Gasteiger partial charge on any atom is -0.489 e. The van der Waals surface area contributed by atoms with Crippen LogP contribution in [-0.4, -0.2) is 24.6 Å². The van der Waals surface area contributed by atoms with Crippen molar-refractivity contribution in [2.45, 2.75) is 13.5 Å². The molecule has 0 aromatic heterocycles. The van der Waals surface area contributed by atoms with E-state index in [1.54, 1.807) is 12.1 Å². The summed E-state index contributed by atoms with van der Waals surface area (Å²) in [6, 6.07) is 21.9. The quantitative estimate of drug-likeness (QED) is 0.413. The highest BCUT2D eigenvalue weighted by Gasteiger charge is 2.07. The molecule has 0 bridgehead atoms. The van der Waals surface area contributed by atoms with Crippen LogP contribution in [0, 0.1) is 6.92 Å². The van der Waals surface area contributed by atoms with Gasteiger partial charge in [-0.15, -0.1) is 0 Å². The summed E-state index contributed by atoms with van der Waals surface area (Å²) in [4.78, 5) is 23.9. The summed E-state index contributed by atoms with van der Waals surface area (Å²) in [5.74, 6) is -0.0390. The first kappa shape index (κ1) is 22.1. The number of nitrogens with one attached hydrogen (secondary N) is 2. The van der Waals surface area contributed by atoms with E-state index in [0.717, 1.165) is 16.7 Å². The second-order valence-electron chi connectivity index (χ2n) is 6.79. The van der Waals surface area contributed by atoms with E-state index in [9.17, 15) is 9.59 Å². The molecule has 0 heterocycles. The highest BCUT2D eigenvalue weighted by Crippen LogP contribution is 2.18. The van der Waals surface area contributed by atoms with Gasteiger partial charge in [0.15, 0.2) is 0 Å². The summed E-state index contributed by atoms with van der Waals surface area (Å²) in [6.45, 7) is 2.14. The SMILES string of the molecule is Cc1ccc(C(=O)NCC(=O)N/N=C/c2ccc(OCc3ccccc3Cl)cc2)cc1. The lowest BCUT2D eigenvalue weighted by atomic mass is 10.1. The fourth-order valence-corrected chi connectivity index (χ4v) is 2.80. The normalized spacial score (nSPS) is 10.6. The average molecular weight is 436 g/mol. The van der Waals surface area contributed by atoms with Crippen molar-refractivity contribution in [2.75, 3.05) is 6.54 Å². The number of aryl methyl sites for hydroxylation is 1.